The number of nitrogens with zero attached hydrogens (tertiary/aromatic N) is 2. The van der Waals surface area contributed by atoms with Crippen molar-refractivity contribution < 1.29 is 4.79 Å². The molecule has 6 heteroatoms. The van der Waals surface area contributed by atoms with E-state index in [0.29, 0.717) is 5.56 Å². The molecule has 0 aliphatic rings. The number of benzene rings is 1. The van der Waals surface area contributed by atoms with Gasteiger partial charge in [-0.05, 0) is 31.0 Å². The quantitative estimate of drug-likeness (QED) is 0.802. The molecule has 3 aromatic rings. The summed E-state index contributed by atoms with van der Waals surface area (Å²) < 4.78 is 0. The van der Waals surface area contributed by atoms with E-state index in [0.717, 1.165) is 32.3 Å². The number of hydrogen-bond donors (Lipinski definition) is 1. The summed E-state index contributed by atoms with van der Waals surface area (Å²) in [6.45, 7) is 3.95. The van der Waals surface area contributed by atoms with Crippen LogP contribution in [-0.2, 0) is 0 Å². The van der Waals surface area contributed by atoms with E-state index < -0.39 is 5.91 Å². The van der Waals surface area contributed by atoms with Crippen LogP contribution in [0.3, 0.4) is 0 Å². The standard InChI is InChI=1S/C15H13N3OS2/c1-8-10(13(16)19)7-11(14-17-3-5-20-14)9(2)12(8)15-18-4-6-21-15/h3-7H,1-2H3,(H2,16,19). The van der Waals surface area contributed by atoms with Gasteiger partial charge in [-0.1, -0.05) is 0 Å². The van der Waals surface area contributed by atoms with E-state index >= 15 is 0 Å². The van der Waals surface area contributed by atoms with Crippen LogP contribution in [0.5, 0.6) is 0 Å². The van der Waals surface area contributed by atoms with Crippen LogP contribution >= 0.6 is 22.7 Å². The van der Waals surface area contributed by atoms with Gasteiger partial charge < -0.3 is 5.73 Å². The predicted octanol–water partition coefficient (Wildman–Crippen LogP) is 3.65. The molecule has 1 aromatic carbocycles. The van der Waals surface area contributed by atoms with Crippen molar-refractivity contribution in [3.63, 3.8) is 0 Å². The Morgan fingerprint density at radius 2 is 1.67 bits per heavy atom. The number of nitrogens with two attached hydrogens (primary N) is 1. The van der Waals surface area contributed by atoms with Crippen LogP contribution in [0.15, 0.2) is 29.2 Å². The number of rotatable bonds is 3. The monoisotopic (exact) mass is 315 g/mol. The maximum Gasteiger partial charge on any atom is 0.249 e. The van der Waals surface area contributed by atoms with Crippen LogP contribution in [0.2, 0.25) is 0 Å². The van der Waals surface area contributed by atoms with Crippen LogP contribution in [0.4, 0.5) is 0 Å². The summed E-state index contributed by atoms with van der Waals surface area (Å²) in [5.74, 6) is -0.428. The molecule has 0 unspecified atom stereocenters. The molecule has 2 aromatic heterocycles. The lowest BCUT2D eigenvalue weighted by Gasteiger charge is -2.14. The van der Waals surface area contributed by atoms with Crippen LogP contribution in [0.25, 0.3) is 21.1 Å². The fraction of sp³-hybridized carbons (Fsp3) is 0.133. The Hall–Kier alpha value is -2.05. The second-order valence-electron chi connectivity index (χ2n) is 4.64. The molecular weight excluding hydrogens is 302 g/mol. The zero-order chi connectivity index (χ0) is 15.0. The highest BCUT2D eigenvalue weighted by Gasteiger charge is 2.20. The van der Waals surface area contributed by atoms with E-state index in [2.05, 4.69) is 9.97 Å². The second-order valence-corrected chi connectivity index (χ2v) is 6.42. The number of primary amides is 1. The van der Waals surface area contributed by atoms with Gasteiger partial charge in [0.1, 0.15) is 10.0 Å². The molecule has 21 heavy (non-hydrogen) atoms. The number of thiazole rings is 2. The van der Waals surface area contributed by atoms with E-state index in [9.17, 15) is 4.79 Å². The van der Waals surface area contributed by atoms with E-state index in [1.807, 2.05) is 30.7 Å². The summed E-state index contributed by atoms with van der Waals surface area (Å²) >= 11 is 3.09. The minimum atomic E-state index is -0.428. The average molecular weight is 315 g/mol. The largest absolute Gasteiger partial charge is 0.366 e. The van der Waals surface area contributed by atoms with Crippen molar-refractivity contribution in [2.45, 2.75) is 13.8 Å². The Morgan fingerprint density at radius 1 is 1.05 bits per heavy atom. The van der Waals surface area contributed by atoms with Crippen molar-refractivity contribution in [3.8, 4) is 21.1 Å². The minimum absolute atomic E-state index is 0.428. The molecule has 0 fully saturated rings. The normalized spacial score (nSPS) is 10.8. The number of aromatic nitrogens is 2. The summed E-state index contributed by atoms with van der Waals surface area (Å²) in [6.07, 6.45) is 3.52. The van der Waals surface area contributed by atoms with E-state index in [1.54, 1.807) is 35.1 Å². The van der Waals surface area contributed by atoms with Crippen LogP contribution in [0.1, 0.15) is 21.5 Å². The molecule has 0 saturated carbocycles. The Kier molecular flexibility index (Phi) is 3.57. The van der Waals surface area contributed by atoms with Crippen molar-refractivity contribution in [2.75, 3.05) is 0 Å². The Morgan fingerprint density at radius 3 is 2.19 bits per heavy atom. The highest BCUT2D eigenvalue weighted by atomic mass is 32.1. The predicted molar refractivity (Wildman–Crippen MR) is 86.6 cm³/mol. The van der Waals surface area contributed by atoms with Gasteiger partial charge in [0, 0.05) is 39.8 Å². The van der Waals surface area contributed by atoms with Crippen LogP contribution < -0.4 is 5.73 Å². The smallest absolute Gasteiger partial charge is 0.249 e. The molecular formula is C15H13N3OS2. The van der Waals surface area contributed by atoms with Crippen molar-refractivity contribution in [1.29, 1.82) is 0 Å². The molecule has 106 valence electrons. The summed E-state index contributed by atoms with van der Waals surface area (Å²) in [5, 5.41) is 5.62. The summed E-state index contributed by atoms with van der Waals surface area (Å²) in [7, 11) is 0. The van der Waals surface area contributed by atoms with Gasteiger partial charge in [-0.25, -0.2) is 9.97 Å². The van der Waals surface area contributed by atoms with Crippen molar-refractivity contribution in [1.82, 2.24) is 9.97 Å². The summed E-state index contributed by atoms with van der Waals surface area (Å²) in [6, 6.07) is 1.84. The van der Waals surface area contributed by atoms with Gasteiger partial charge in [0.15, 0.2) is 0 Å². The van der Waals surface area contributed by atoms with Crippen molar-refractivity contribution in [3.05, 3.63) is 45.9 Å². The van der Waals surface area contributed by atoms with Gasteiger partial charge in [0.2, 0.25) is 5.91 Å². The molecule has 0 aliphatic carbocycles. The molecule has 0 atom stereocenters. The third kappa shape index (κ3) is 2.36. The molecule has 0 saturated heterocycles. The molecule has 0 aliphatic heterocycles. The van der Waals surface area contributed by atoms with Crippen LogP contribution in [0, 0.1) is 13.8 Å². The zero-order valence-electron chi connectivity index (χ0n) is 11.6. The van der Waals surface area contributed by atoms with Gasteiger partial charge >= 0.3 is 0 Å². The Bertz CT molecular complexity index is 793. The van der Waals surface area contributed by atoms with E-state index in [1.165, 1.54) is 0 Å². The fourth-order valence-corrected chi connectivity index (χ4v) is 3.92. The molecule has 2 N–H and O–H groups in total. The number of carbonyl (C=O) groups is 1. The number of hydrogen-bond acceptors (Lipinski definition) is 5. The second kappa shape index (κ2) is 5.38. The number of amides is 1. The highest BCUT2D eigenvalue weighted by Crippen LogP contribution is 2.37. The van der Waals surface area contributed by atoms with E-state index in [-0.39, 0.29) is 0 Å². The summed E-state index contributed by atoms with van der Waals surface area (Å²) in [4.78, 5) is 20.5. The first kappa shape index (κ1) is 13.9. The molecule has 1 amide bonds. The molecule has 4 nitrogen and oxygen atoms in total. The van der Waals surface area contributed by atoms with Gasteiger partial charge in [0.05, 0.1) is 0 Å². The first-order chi connectivity index (χ1) is 10.1. The first-order valence-electron chi connectivity index (χ1n) is 6.33. The molecule has 3 rings (SSSR count). The zero-order valence-corrected chi connectivity index (χ0v) is 13.2. The third-order valence-electron chi connectivity index (χ3n) is 3.42. The SMILES string of the molecule is Cc1c(C(N)=O)cc(-c2nccs2)c(C)c1-c1nccs1. The Balaban J connectivity index is 2.35. The average Bonchev–Trinajstić information content (AvgIpc) is 3.11. The minimum Gasteiger partial charge on any atom is -0.366 e. The maximum absolute atomic E-state index is 11.8. The fourth-order valence-electron chi connectivity index (χ4n) is 2.41. The van der Waals surface area contributed by atoms with Gasteiger partial charge in [-0.2, -0.15) is 0 Å². The lowest BCUT2D eigenvalue weighted by molar-refractivity contribution is 0.1000. The Labute approximate surface area is 130 Å². The van der Waals surface area contributed by atoms with Crippen LogP contribution in [-0.4, -0.2) is 15.9 Å². The lowest BCUT2D eigenvalue weighted by Crippen LogP contribution is -2.14. The van der Waals surface area contributed by atoms with E-state index in [4.69, 9.17) is 5.73 Å². The summed E-state index contributed by atoms with van der Waals surface area (Å²) in [5.41, 5.74) is 9.92. The molecule has 2 heterocycles. The van der Waals surface area contributed by atoms with Crippen molar-refractivity contribution >= 4 is 28.6 Å². The molecule has 0 spiro atoms. The van der Waals surface area contributed by atoms with Crippen molar-refractivity contribution in [2.24, 2.45) is 5.73 Å². The highest BCUT2D eigenvalue weighted by molar-refractivity contribution is 7.13. The first-order valence-corrected chi connectivity index (χ1v) is 8.09. The molecule has 0 radical (unpaired) electrons. The van der Waals surface area contributed by atoms with Gasteiger partial charge in [-0.15, -0.1) is 22.7 Å². The third-order valence-corrected chi connectivity index (χ3v) is 5.02. The van der Waals surface area contributed by atoms with Gasteiger partial charge in [-0.3, -0.25) is 4.79 Å². The maximum atomic E-state index is 11.8. The lowest BCUT2D eigenvalue weighted by atomic mass is 9.93. The topological polar surface area (TPSA) is 68.9 Å². The van der Waals surface area contributed by atoms with Gasteiger partial charge in [0.25, 0.3) is 0 Å². The molecule has 0 bridgehead atoms. The number of carbonyl (C=O) groups excluding carboxylic acids is 1.